The highest BCUT2D eigenvalue weighted by Gasteiger charge is 2.38. The van der Waals surface area contributed by atoms with E-state index in [4.69, 9.17) is 30.8 Å². The minimum absolute atomic E-state index is 0.0389. The maximum absolute atomic E-state index is 15.9. The molecule has 0 spiro atoms. The molecule has 0 bridgehead atoms. The second-order valence-corrected chi connectivity index (χ2v) is 11.1. The van der Waals surface area contributed by atoms with Crippen molar-refractivity contribution in [2.75, 3.05) is 26.9 Å². The minimum atomic E-state index is -5.08. The largest absolute Gasteiger partial charge is 0.490 e. The molecule has 1 unspecified atom stereocenters. The lowest BCUT2D eigenvalue weighted by Crippen LogP contribution is -2.39. The quantitative estimate of drug-likeness (QED) is 0.138. The van der Waals surface area contributed by atoms with Gasteiger partial charge in [0.2, 0.25) is 5.91 Å². The summed E-state index contributed by atoms with van der Waals surface area (Å²) < 4.78 is 101. The first kappa shape index (κ1) is 38.2. The molecule has 4 rings (SSSR count). The standard InChI is InChI=1S/C31H35F4N3O3.C2HF3O2/c1-40-15-16-41-27-14-12-23(30(37)39)28(29(27)32)24-17-20(7-13-26(24)31(33,34)35)25(19-5-3-2-4-6-19)18-38-22-10-8-21(36)9-11-22;3-2(4,5)1(6)7/h2-7,12-14,17,21-22,25,38H,8-11,15-16,18,36H2,1H3,(H2,37,39);(H,6,7). The van der Waals surface area contributed by atoms with Crippen molar-refractivity contribution < 1.29 is 54.9 Å². The summed E-state index contributed by atoms with van der Waals surface area (Å²) in [5.41, 5.74) is 10.5. The maximum Gasteiger partial charge on any atom is 0.490 e. The molecule has 1 amide bonds. The monoisotopic (exact) mass is 687 g/mol. The minimum Gasteiger partial charge on any atom is -0.488 e. The third-order valence-corrected chi connectivity index (χ3v) is 7.76. The van der Waals surface area contributed by atoms with Gasteiger partial charge in [0.05, 0.1) is 17.7 Å². The van der Waals surface area contributed by atoms with Crippen molar-refractivity contribution in [2.24, 2.45) is 11.5 Å². The van der Waals surface area contributed by atoms with Crippen LogP contribution in [-0.2, 0) is 15.7 Å². The van der Waals surface area contributed by atoms with E-state index in [1.54, 1.807) is 0 Å². The second-order valence-electron chi connectivity index (χ2n) is 11.1. The zero-order valence-electron chi connectivity index (χ0n) is 25.8. The number of alkyl halides is 6. The van der Waals surface area contributed by atoms with Gasteiger partial charge in [0, 0.05) is 37.2 Å². The van der Waals surface area contributed by atoms with Gasteiger partial charge in [0.15, 0.2) is 11.6 Å². The highest BCUT2D eigenvalue weighted by molar-refractivity contribution is 6.01. The summed E-state index contributed by atoms with van der Waals surface area (Å²) in [6, 6.07) is 15.8. The number of hydrogen-bond acceptors (Lipinski definition) is 6. The summed E-state index contributed by atoms with van der Waals surface area (Å²) in [6.07, 6.45) is -6.30. The van der Waals surface area contributed by atoms with Crippen LogP contribution in [0.3, 0.4) is 0 Å². The number of amides is 1. The Morgan fingerprint density at radius 3 is 2.10 bits per heavy atom. The number of nitrogens with two attached hydrogens (primary N) is 2. The smallest absolute Gasteiger partial charge is 0.488 e. The molecule has 15 heteroatoms. The fourth-order valence-corrected chi connectivity index (χ4v) is 5.33. The number of benzene rings is 3. The van der Waals surface area contributed by atoms with E-state index in [9.17, 15) is 31.1 Å². The molecule has 0 heterocycles. The Labute approximate surface area is 272 Å². The van der Waals surface area contributed by atoms with Crippen molar-refractivity contribution >= 4 is 11.9 Å². The summed E-state index contributed by atoms with van der Waals surface area (Å²) in [7, 11) is 1.43. The van der Waals surface area contributed by atoms with Crippen molar-refractivity contribution in [3.63, 3.8) is 0 Å². The SMILES string of the molecule is COCCOc1ccc(C(N)=O)c(-c2cc(C(CNC3CCC(N)CC3)c3ccccc3)ccc2C(F)(F)F)c1F.O=C(O)C(F)(F)F. The Balaban J connectivity index is 0.000000804. The Morgan fingerprint density at radius 2 is 1.56 bits per heavy atom. The Hall–Kier alpha value is -4.21. The van der Waals surface area contributed by atoms with Crippen LogP contribution in [0, 0.1) is 5.82 Å². The van der Waals surface area contributed by atoms with Crippen molar-refractivity contribution in [2.45, 2.75) is 56.0 Å². The fraction of sp³-hybridized carbons (Fsp3) is 0.394. The van der Waals surface area contributed by atoms with Gasteiger partial charge in [-0.05, 0) is 66.6 Å². The van der Waals surface area contributed by atoms with E-state index in [0.717, 1.165) is 37.3 Å². The number of rotatable bonds is 11. The van der Waals surface area contributed by atoms with Gasteiger partial charge < -0.3 is 31.4 Å². The first-order valence-corrected chi connectivity index (χ1v) is 14.8. The molecule has 1 saturated carbocycles. The Morgan fingerprint density at radius 1 is 0.938 bits per heavy atom. The lowest BCUT2D eigenvalue weighted by atomic mass is 9.85. The number of methoxy groups -OCH3 is 1. The first-order chi connectivity index (χ1) is 22.5. The van der Waals surface area contributed by atoms with E-state index < -0.39 is 46.7 Å². The molecule has 0 saturated heterocycles. The summed E-state index contributed by atoms with van der Waals surface area (Å²) in [5, 5.41) is 10.7. The molecule has 1 fully saturated rings. The van der Waals surface area contributed by atoms with E-state index in [1.807, 2.05) is 30.3 Å². The maximum atomic E-state index is 15.9. The normalized spacial score (nSPS) is 17.2. The molecule has 3 aromatic rings. The van der Waals surface area contributed by atoms with E-state index in [1.165, 1.54) is 31.4 Å². The third-order valence-electron chi connectivity index (χ3n) is 7.76. The summed E-state index contributed by atoms with van der Waals surface area (Å²) in [6.45, 7) is 0.539. The number of carbonyl (C=O) groups excluding carboxylic acids is 1. The van der Waals surface area contributed by atoms with Gasteiger partial charge in [-0.2, -0.15) is 26.3 Å². The number of ether oxygens (including phenoxy) is 2. The lowest BCUT2D eigenvalue weighted by molar-refractivity contribution is -0.192. The Kier molecular flexibility index (Phi) is 13.3. The summed E-state index contributed by atoms with van der Waals surface area (Å²) in [4.78, 5) is 21.2. The van der Waals surface area contributed by atoms with Crippen LogP contribution < -0.4 is 21.5 Å². The van der Waals surface area contributed by atoms with Crippen molar-refractivity contribution in [3.8, 4) is 16.9 Å². The van der Waals surface area contributed by atoms with E-state index in [-0.39, 0.29) is 42.5 Å². The molecule has 8 nitrogen and oxygen atoms in total. The molecule has 6 N–H and O–H groups in total. The number of halogens is 7. The molecule has 3 aromatic carbocycles. The van der Waals surface area contributed by atoms with Crippen LogP contribution >= 0.6 is 0 Å². The highest BCUT2D eigenvalue weighted by Crippen LogP contribution is 2.43. The predicted molar refractivity (Wildman–Crippen MR) is 163 cm³/mol. The number of carbonyl (C=O) groups is 2. The number of carboxylic acid groups (broad SMARTS) is 1. The fourth-order valence-electron chi connectivity index (χ4n) is 5.33. The molecular weight excluding hydrogens is 651 g/mol. The van der Waals surface area contributed by atoms with Gasteiger partial charge in [0.1, 0.15) is 6.61 Å². The zero-order chi connectivity index (χ0) is 35.6. The molecule has 0 aliphatic heterocycles. The van der Waals surface area contributed by atoms with Gasteiger partial charge in [-0.25, -0.2) is 9.18 Å². The van der Waals surface area contributed by atoms with Crippen LogP contribution in [0.5, 0.6) is 5.75 Å². The number of primary amides is 1. The van der Waals surface area contributed by atoms with Crippen molar-refractivity contribution in [1.82, 2.24) is 5.32 Å². The molecule has 1 atom stereocenters. The third kappa shape index (κ3) is 10.4. The Bertz CT molecular complexity index is 1530. The van der Waals surface area contributed by atoms with Gasteiger partial charge in [0.25, 0.3) is 0 Å². The average molecular weight is 688 g/mol. The van der Waals surface area contributed by atoms with Crippen LogP contribution in [0.15, 0.2) is 60.7 Å². The van der Waals surface area contributed by atoms with Gasteiger partial charge >= 0.3 is 18.3 Å². The van der Waals surface area contributed by atoms with Gasteiger partial charge in [-0.3, -0.25) is 4.79 Å². The van der Waals surface area contributed by atoms with Crippen LogP contribution in [-0.4, -0.2) is 62.1 Å². The summed E-state index contributed by atoms with van der Waals surface area (Å²) in [5.74, 6) is -5.58. The number of aliphatic carboxylic acids is 1. The van der Waals surface area contributed by atoms with E-state index >= 15 is 4.39 Å². The van der Waals surface area contributed by atoms with Crippen molar-refractivity contribution in [1.29, 1.82) is 0 Å². The molecule has 0 aromatic heterocycles. The lowest BCUT2D eigenvalue weighted by Gasteiger charge is -2.29. The van der Waals surface area contributed by atoms with E-state index in [0.29, 0.717) is 12.1 Å². The molecule has 262 valence electrons. The predicted octanol–water partition coefficient (Wildman–Crippen LogP) is 6.26. The number of nitrogens with one attached hydrogen (secondary N) is 1. The number of carboxylic acids is 1. The van der Waals surface area contributed by atoms with Crippen molar-refractivity contribution in [3.05, 3.63) is 88.7 Å². The number of hydrogen-bond donors (Lipinski definition) is 4. The molecule has 48 heavy (non-hydrogen) atoms. The zero-order valence-corrected chi connectivity index (χ0v) is 25.8. The van der Waals surface area contributed by atoms with Gasteiger partial charge in [-0.1, -0.05) is 36.4 Å². The van der Waals surface area contributed by atoms with Crippen LogP contribution in [0.2, 0.25) is 0 Å². The first-order valence-electron chi connectivity index (χ1n) is 14.8. The van der Waals surface area contributed by atoms with Gasteiger partial charge in [-0.15, -0.1) is 0 Å². The van der Waals surface area contributed by atoms with E-state index in [2.05, 4.69) is 5.32 Å². The highest BCUT2D eigenvalue weighted by atomic mass is 19.4. The molecular formula is C33H36F7N3O5. The molecule has 0 radical (unpaired) electrons. The van der Waals surface area contributed by atoms with Crippen LogP contribution in [0.4, 0.5) is 30.7 Å². The van der Waals surface area contributed by atoms with Crippen LogP contribution in [0.1, 0.15) is 58.6 Å². The molecule has 1 aliphatic rings. The molecule has 1 aliphatic carbocycles. The second kappa shape index (κ2) is 16.8. The topological polar surface area (TPSA) is 137 Å². The van der Waals surface area contributed by atoms with Crippen LogP contribution in [0.25, 0.3) is 11.1 Å². The average Bonchev–Trinajstić information content (AvgIpc) is 3.02. The summed E-state index contributed by atoms with van der Waals surface area (Å²) >= 11 is 0.